The molecule has 13 heteroatoms. The third-order valence-electron chi connectivity index (χ3n) is 7.30. The van der Waals surface area contributed by atoms with Gasteiger partial charge in [0.2, 0.25) is 5.82 Å². The molecule has 6 aromatic rings. The van der Waals surface area contributed by atoms with Gasteiger partial charge in [0, 0.05) is 24.5 Å². The van der Waals surface area contributed by atoms with Gasteiger partial charge in [-0.1, -0.05) is 36.0 Å². The highest BCUT2D eigenvalue weighted by Gasteiger charge is 2.28. The van der Waals surface area contributed by atoms with E-state index in [1.807, 2.05) is 28.8 Å². The van der Waals surface area contributed by atoms with Crippen molar-refractivity contribution in [1.82, 2.24) is 34.2 Å². The lowest BCUT2D eigenvalue weighted by molar-refractivity contribution is 0.0689. The molecule has 212 valence electrons. The first-order chi connectivity index (χ1) is 20.6. The molecule has 0 radical (unpaired) electrons. The van der Waals surface area contributed by atoms with Crippen molar-refractivity contribution in [1.29, 1.82) is 0 Å². The Morgan fingerprint density at radius 2 is 1.88 bits per heavy atom. The fourth-order valence-corrected chi connectivity index (χ4v) is 7.04. The molecule has 0 atom stereocenters. The number of rotatable bonds is 7. The summed E-state index contributed by atoms with van der Waals surface area (Å²) in [7, 11) is 0. The SMILES string of the molecule is O=C(c1csc(CSc2nnc(-c3ccco3)n2-c2ccccc2F)n1)N1CCC(n2c(=O)[nH]c3ccccc32)CC1. The van der Waals surface area contributed by atoms with Gasteiger partial charge < -0.3 is 14.3 Å². The number of thioether (sulfide) groups is 1. The lowest BCUT2D eigenvalue weighted by Crippen LogP contribution is -2.40. The molecule has 1 saturated heterocycles. The van der Waals surface area contributed by atoms with E-state index in [4.69, 9.17) is 4.42 Å². The van der Waals surface area contributed by atoms with Crippen LogP contribution in [0.25, 0.3) is 28.3 Å². The molecule has 1 N–H and O–H groups in total. The number of hydrogen-bond acceptors (Lipinski definition) is 8. The number of thiazole rings is 1. The number of piperidine rings is 1. The van der Waals surface area contributed by atoms with E-state index >= 15 is 0 Å². The average molecular weight is 602 g/mol. The first-order valence-electron chi connectivity index (χ1n) is 13.4. The number of hydrogen-bond donors (Lipinski definition) is 1. The second-order valence-electron chi connectivity index (χ2n) is 9.83. The number of imidazole rings is 1. The second kappa shape index (κ2) is 11.1. The Balaban J connectivity index is 1.04. The molecule has 5 heterocycles. The minimum absolute atomic E-state index is 0.0259. The summed E-state index contributed by atoms with van der Waals surface area (Å²) < 4.78 is 23.7. The second-order valence-corrected chi connectivity index (χ2v) is 11.7. The third-order valence-corrected chi connectivity index (χ3v) is 9.28. The molecule has 1 aliphatic heterocycles. The molecule has 42 heavy (non-hydrogen) atoms. The van der Waals surface area contributed by atoms with Crippen molar-refractivity contribution in [3.05, 3.63) is 99.3 Å². The van der Waals surface area contributed by atoms with E-state index in [0.717, 1.165) is 16.0 Å². The number of fused-ring (bicyclic) bond motifs is 1. The summed E-state index contributed by atoms with van der Waals surface area (Å²) in [6, 6.07) is 17.6. The van der Waals surface area contributed by atoms with Gasteiger partial charge in [-0.05, 0) is 49.2 Å². The molecule has 0 saturated carbocycles. The number of H-pyrrole nitrogens is 1. The number of nitrogens with one attached hydrogen (secondary N) is 1. The monoisotopic (exact) mass is 601 g/mol. The molecule has 0 aliphatic carbocycles. The Morgan fingerprint density at radius 1 is 1.07 bits per heavy atom. The Hall–Kier alpha value is -4.49. The Bertz CT molecular complexity index is 1930. The highest BCUT2D eigenvalue weighted by Crippen LogP contribution is 2.32. The lowest BCUT2D eigenvalue weighted by Gasteiger charge is -2.32. The Morgan fingerprint density at radius 3 is 2.69 bits per heavy atom. The largest absolute Gasteiger partial charge is 0.461 e. The number of carbonyl (C=O) groups is 1. The van der Waals surface area contributed by atoms with Crippen molar-refractivity contribution in [3.8, 4) is 17.3 Å². The summed E-state index contributed by atoms with van der Waals surface area (Å²) in [6.07, 6.45) is 2.90. The minimum atomic E-state index is -0.410. The standard InChI is InChI=1S/C29H24FN7O3S2/c30-19-6-1-3-8-22(19)37-26(24-10-5-15-40-24)33-34-29(37)42-17-25-31-21(16-41-25)27(38)35-13-11-18(12-14-35)36-23-9-4-2-7-20(23)32-28(36)39/h1-10,15-16,18H,11-14,17H2,(H,32,39). The average Bonchev–Trinajstić information content (AvgIpc) is 3.82. The zero-order chi connectivity index (χ0) is 28.6. The topological polar surface area (TPSA) is 115 Å². The van der Waals surface area contributed by atoms with Crippen molar-refractivity contribution < 1.29 is 13.6 Å². The Kier molecular flexibility index (Phi) is 6.96. The van der Waals surface area contributed by atoms with Crippen molar-refractivity contribution in [2.24, 2.45) is 0 Å². The zero-order valence-corrected chi connectivity index (χ0v) is 23.8. The van der Waals surface area contributed by atoms with Crippen LogP contribution < -0.4 is 5.69 Å². The fraction of sp³-hybridized carbons (Fsp3) is 0.207. The zero-order valence-electron chi connectivity index (χ0n) is 22.1. The van der Waals surface area contributed by atoms with Gasteiger partial charge in [0.15, 0.2) is 10.9 Å². The first-order valence-corrected chi connectivity index (χ1v) is 15.2. The highest BCUT2D eigenvalue weighted by molar-refractivity contribution is 7.98. The maximum atomic E-state index is 14.8. The van der Waals surface area contributed by atoms with Crippen LogP contribution in [-0.2, 0) is 5.75 Å². The van der Waals surface area contributed by atoms with Crippen LogP contribution in [0.3, 0.4) is 0 Å². The fourth-order valence-electron chi connectivity index (χ4n) is 5.31. The van der Waals surface area contributed by atoms with Gasteiger partial charge in [-0.2, -0.15) is 0 Å². The van der Waals surface area contributed by atoms with Gasteiger partial charge in [-0.15, -0.1) is 21.5 Å². The van der Waals surface area contributed by atoms with Crippen molar-refractivity contribution in [3.63, 3.8) is 0 Å². The summed E-state index contributed by atoms with van der Waals surface area (Å²) in [5, 5.41) is 11.5. The molecule has 2 aromatic carbocycles. The molecule has 1 aliphatic rings. The maximum absolute atomic E-state index is 14.8. The number of likely N-dealkylation sites (tertiary alicyclic amines) is 1. The minimum Gasteiger partial charge on any atom is -0.461 e. The molecule has 1 amide bonds. The molecule has 10 nitrogen and oxygen atoms in total. The number of carbonyl (C=O) groups excluding carboxylic acids is 1. The lowest BCUT2D eigenvalue weighted by atomic mass is 10.0. The molecule has 7 rings (SSSR count). The predicted octanol–water partition coefficient (Wildman–Crippen LogP) is 5.54. The van der Waals surface area contributed by atoms with Crippen LogP contribution in [0.2, 0.25) is 0 Å². The molecular formula is C29H24FN7O3S2. The van der Waals surface area contributed by atoms with Crippen molar-refractivity contribution >= 4 is 40.0 Å². The molecule has 0 spiro atoms. The van der Waals surface area contributed by atoms with E-state index in [0.29, 0.717) is 59.8 Å². The Labute approximate surface area is 246 Å². The predicted molar refractivity (Wildman–Crippen MR) is 157 cm³/mol. The van der Waals surface area contributed by atoms with Crippen molar-refractivity contribution in [2.45, 2.75) is 29.8 Å². The quantitative estimate of drug-likeness (QED) is 0.239. The third kappa shape index (κ3) is 4.84. The van der Waals surface area contributed by atoms with E-state index in [1.165, 1.54) is 35.4 Å². The van der Waals surface area contributed by atoms with E-state index in [2.05, 4.69) is 20.2 Å². The van der Waals surface area contributed by atoms with Gasteiger partial charge in [0.1, 0.15) is 16.5 Å². The maximum Gasteiger partial charge on any atom is 0.326 e. The molecule has 4 aromatic heterocycles. The number of aromatic nitrogens is 6. The summed E-state index contributed by atoms with van der Waals surface area (Å²) in [4.78, 5) is 35.2. The van der Waals surface area contributed by atoms with Crippen LogP contribution in [0.15, 0.2) is 86.7 Å². The van der Waals surface area contributed by atoms with E-state index in [-0.39, 0.29) is 17.6 Å². The first kappa shape index (κ1) is 26.4. The van der Waals surface area contributed by atoms with Gasteiger partial charge in [0.25, 0.3) is 5.91 Å². The summed E-state index contributed by atoms with van der Waals surface area (Å²) in [5.74, 6) is 0.752. The highest BCUT2D eigenvalue weighted by atomic mass is 32.2. The number of furan rings is 1. The summed E-state index contributed by atoms with van der Waals surface area (Å²) in [6.45, 7) is 1.08. The number of amides is 1. The smallest absolute Gasteiger partial charge is 0.326 e. The van der Waals surface area contributed by atoms with E-state index in [1.54, 1.807) is 45.2 Å². The number of halogens is 1. The van der Waals surface area contributed by atoms with Crippen LogP contribution in [0.5, 0.6) is 0 Å². The number of aromatic amines is 1. The number of benzene rings is 2. The van der Waals surface area contributed by atoms with Crippen molar-refractivity contribution in [2.75, 3.05) is 13.1 Å². The molecule has 1 fully saturated rings. The van der Waals surface area contributed by atoms with Gasteiger partial charge in [-0.25, -0.2) is 14.2 Å². The van der Waals surface area contributed by atoms with E-state index in [9.17, 15) is 14.0 Å². The van der Waals surface area contributed by atoms with Gasteiger partial charge in [-0.3, -0.25) is 13.9 Å². The van der Waals surface area contributed by atoms with Crippen LogP contribution in [0.4, 0.5) is 4.39 Å². The van der Waals surface area contributed by atoms with Crippen LogP contribution in [0, 0.1) is 5.82 Å². The van der Waals surface area contributed by atoms with Gasteiger partial charge in [0.05, 0.1) is 28.7 Å². The summed E-state index contributed by atoms with van der Waals surface area (Å²) in [5.41, 5.74) is 2.29. The number of nitrogens with zero attached hydrogens (tertiary/aromatic N) is 6. The van der Waals surface area contributed by atoms with Crippen LogP contribution in [-0.4, -0.2) is 53.2 Å². The van der Waals surface area contributed by atoms with Gasteiger partial charge >= 0.3 is 5.69 Å². The van der Waals surface area contributed by atoms with Crippen LogP contribution in [0.1, 0.15) is 34.4 Å². The van der Waals surface area contributed by atoms with E-state index < -0.39 is 5.82 Å². The molecule has 0 bridgehead atoms. The normalized spacial score (nSPS) is 14.2. The molecule has 0 unspecified atom stereocenters. The molecular weight excluding hydrogens is 577 g/mol. The summed E-state index contributed by atoms with van der Waals surface area (Å²) >= 11 is 2.75. The number of para-hydroxylation sites is 3. The van der Waals surface area contributed by atoms with Crippen LogP contribution >= 0.6 is 23.1 Å².